The smallest absolute Gasteiger partial charge is 0.308 e. The number of ether oxygens (including phenoxy) is 2. The van der Waals surface area contributed by atoms with Crippen LogP contribution >= 0.6 is 0 Å². The van der Waals surface area contributed by atoms with Crippen LogP contribution in [0.25, 0.3) is 0 Å². The lowest BCUT2D eigenvalue weighted by Crippen LogP contribution is -2.35. The summed E-state index contributed by atoms with van der Waals surface area (Å²) in [7, 11) is 1.46. The number of nitrogens with one attached hydrogen (secondary N) is 1. The lowest BCUT2D eigenvalue weighted by molar-refractivity contribution is -0.154. The molecule has 0 radical (unpaired) electrons. The summed E-state index contributed by atoms with van der Waals surface area (Å²) in [6.07, 6.45) is 0.893. The molecule has 134 valence electrons. The molecule has 1 aliphatic rings. The molecule has 0 bridgehead atoms. The third-order valence-electron chi connectivity index (χ3n) is 3.70. The van der Waals surface area contributed by atoms with Crippen molar-refractivity contribution < 1.29 is 28.7 Å². The monoisotopic (exact) mass is 348 g/mol. The standard InChI is InChI=1S/C17H20N2O6/c1-24-13-6-3-2-5-12(13)17(23)18-9-8-16(22)25-11-15(21)19-10-4-7-14(19)20/h2-3,5-6H,4,7-11H2,1H3,(H,18,23). The number of nitrogens with zero attached hydrogens (tertiary/aromatic N) is 1. The number of amides is 3. The van der Waals surface area contributed by atoms with E-state index in [2.05, 4.69) is 5.32 Å². The minimum Gasteiger partial charge on any atom is -0.496 e. The molecule has 0 aromatic heterocycles. The highest BCUT2D eigenvalue weighted by Crippen LogP contribution is 2.16. The molecule has 25 heavy (non-hydrogen) atoms. The van der Waals surface area contributed by atoms with Gasteiger partial charge in [0, 0.05) is 19.5 Å². The Labute approximate surface area is 145 Å². The normalized spacial score (nSPS) is 13.5. The number of imide groups is 1. The molecule has 1 N–H and O–H groups in total. The second-order valence-electron chi connectivity index (χ2n) is 5.41. The molecule has 1 fully saturated rings. The second-order valence-corrected chi connectivity index (χ2v) is 5.41. The molecular weight excluding hydrogens is 328 g/mol. The Hall–Kier alpha value is -2.90. The van der Waals surface area contributed by atoms with Gasteiger partial charge in [-0.2, -0.15) is 0 Å². The van der Waals surface area contributed by atoms with Crippen LogP contribution in [0.5, 0.6) is 5.75 Å². The number of benzene rings is 1. The topological polar surface area (TPSA) is 102 Å². The van der Waals surface area contributed by atoms with E-state index in [1.54, 1.807) is 24.3 Å². The van der Waals surface area contributed by atoms with Crippen molar-refractivity contribution >= 4 is 23.7 Å². The predicted octanol–water partition coefficient (Wildman–Crippen LogP) is 0.507. The molecule has 1 saturated heterocycles. The largest absolute Gasteiger partial charge is 0.496 e. The number of hydrogen-bond donors (Lipinski definition) is 1. The summed E-state index contributed by atoms with van der Waals surface area (Å²) in [6.45, 7) is -0.0399. The Balaban J connectivity index is 1.70. The van der Waals surface area contributed by atoms with Gasteiger partial charge in [0.25, 0.3) is 11.8 Å². The summed E-state index contributed by atoms with van der Waals surface area (Å²) in [5.41, 5.74) is 0.362. The quantitative estimate of drug-likeness (QED) is 0.720. The Morgan fingerprint density at radius 1 is 1.24 bits per heavy atom. The number of likely N-dealkylation sites (tertiary alicyclic amines) is 1. The Morgan fingerprint density at radius 3 is 2.68 bits per heavy atom. The van der Waals surface area contributed by atoms with Crippen molar-refractivity contribution in [1.82, 2.24) is 10.2 Å². The molecule has 1 aliphatic heterocycles. The molecule has 1 aromatic rings. The van der Waals surface area contributed by atoms with Gasteiger partial charge in [0.15, 0.2) is 6.61 Å². The Morgan fingerprint density at radius 2 is 2.00 bits per heavy atom. The van der Waals surface area contributed by atoms with Crippen LogP contribution in [0.4, 0.5) is 0 Å². The van der Waals surface area contributed by atoms with Gasteiger partial charge in [-0.25, -0.2) is 0 Å². The van der Waals surface area contributed by atoms with Crippen molar-refractivity contribution in [1.29, 1.82) is 0 Å². The minimum atomic E-state index is -0.625. The number of para-hydroxylation sites is 1. The highest BCUT2D eigenvalue weighted by molar-refractivity contribution is 5.98. The van der Waals surface area contributed by atoms with Crippen LogP contribution in [0.1, 0.15) is 29.6 Å². The van der Waals surface area contributed by atoms with Crippen molar-refractivity contribution in [3.05, 3.63) is 29.8 Å². The fourth-order valence-electron chi connectivity index (χ4n) is 2.41. The Bertz CT molecular complexity index is 673. The maximum absolute atomic E-state index is 12.0. The van der Waals surface area contributed by atoms with E-state index in [0.29, 0.717) is 30.7 Å². The number of esters is 1. The fourth-order valence-corrected chi connectivity index (χ4v) is 2.41. The third-order valence-corrected chi connectivity index (χ3v) is 3.70. The van der Waals surface area contributed by atoms with Crippen LogP contribution in [0.3, 0.4) is 0 Å². The van der Waals surface area contributed by atoms with Crippen LogP contribution in [-0.4, -0.2) is 55.4 Å². The molecule has 0 saturated carbocycles. The van der Waals surface area contributed by atoms with E-state index in [4.69, 9.17) is 9.47 Å². The SMILES string of the molecule is COc1ccccc1C(=O)NCCC(=O)OCC(=O)N1CCCC1=O. The number of methoxy groups -OCH3 is 1. The van der Waals surface area contributed by atoms with E-state index < -0.39 is 18.5 Å². The molecule has 1 heterocycles. The summed E-state index contributed by atoms with van der Waals surface area (Å²) >= 11 is 0. The summed E-state index contributed by atoms with van der Waals surface area (Å²) in [6, 6.07) is 6.72. The summed E-state index contributed by atoms with van der Waals surface area (Å²) in [4.78, 5) is 47.9. The Kier molecular flexibility index (Phi) is 6.50. The van der Waals surface area contributed by atoms with Gasteiger partial charge in [0.1, 0.15) is 5.75 Å². The summed E-state index contributed by atoms with van der Waals surface area (Å²) in [5, 5.41) is 2.59. The van der Waals surface area contributed by atoms with E-state index in [0.717, 1.165) is 4.90 Å². The fraction of sp³-hybridized carbons (Fsp3) is 0.412. The minimum absolute atomic E-state index is 0.0621. The molecular formula is C17H20N2O6. The first kappa shape index (κ1) is 18.4. The van der Waals surface area contributed by atoms with E-state index in [9.17, 15) is 19.2 Å². The maximum atomic E-state index is 12.0. The van der Waals surface area contributed by atoms with E-state index in [-0.39, 0.29) is 24.8 Å². The summed E-state index contributed by atoms with van der Waals surface area (Å²) < 4.78 is 9.93. The number of rotatable bonds is 7. The molecule has 3 amide bonds. The van der Waals surface area contributed by atoms with Crippen molar-refractivity contribution in [2.24, 2.45) is 0 Å². The average Bonchev–Trinajstić information content (AvgIpc) is 3.05. The number of hydrogen-bond acceptors (Lipinski definition) is 6. The first-order valence-corrected chi connectivity index (χ1v) is 7.93. The van der Waals surface area contributed by atoms with Crippen molar-refractivity contribution in [2.75, 3.05) is 26.8 Å². The maximum Gasteiger partial charge on any atom is 0.308 e. The molecule has 8 heteroatoms. The van der Waals surface area contributed by atoms with Crippen LogP contribution in [0.15, 0.2) is 24.3 Å². The molecule has 1 aromatic carbocycles. The van der Waals surface area contributed by atoms with E-state index in [1.165, 1.54) is 7.11 Å². The molecule has 8 nitrogen and oxygen atoms in total. The van der Waals surface area contributed by atoms with Gasteiger partial charge >= 0.3 is 5.97 Å². The highest BCUT2D eigenvalue weighted by Gasteiger charge is 2.26. The number of carbonyl (C=O) groups excluding carboxylic acids is 4. The zero-order chi connectivity index (χ0) is 18.2. The zero-order valence-electron chi connectivity index (χ0n) is 13.9. The van der Waals surface area contributed by atoms with E-state index in [1.807, 2.05) is 0 Å². The van der Waals surface area contributed by atoms with Crippen molar-refractivity contribution in [3.8, 4) is 5.75 Å². The lowest BCUT2D eigenvalue weighted by atomic mass is 10.2. The second kappa shape index (κ2) is 8.81. The van der Waals surface area contributed by atoms with Gasteiger partial charge in [0.2, 0.25) is 5.91 Å². The van der Waals surface area contributed by atoms with Crippen LogP contribution < -0.4 is 10.1 Å². The van der Waals surface area contributed by atoms with Gasteiger partial charge in [-0.05, 0) is 18.6 Å². The third kappa shape index (κ3) is 5.03. The molecule has 2 rings (SSSR count). The van der Waals surface area contributed by atoms with E-state index >= 15 is 0 Å². The van der Waals surface area contributed by atoms with Crippen LogP contribution in [0.2, 0.25) is 0 Å². The average molecular weight is 348 g/mol. The van der Waals surface area contributed by atoms with Crippen LogP contribution in [0, 0.1) is 0 Å². The van der Waals surface area contributed by atoms with Gasteiger partial charge in [-0.1, -0.05) is 12.1 Å². The molecule has 0 unspecified atom stereocenters. The van der Waals surface area contributed by atoms with Crippen molar-refractivity contribution in [3.63, 3.8) is 0 Å². The molecule has 0 aliphatic carbocycles. The predicted molar refractivity (Wildman–Crippen MR) is 86.9 cm³/mol. The molecule has 0 atom stereocenters. The lowest BCUT2D eigenvalue weighted by Gasteiger charge is -2.13. The van der Waals surface area contributed by atoms with Gasteiger partial charge in [0.05, 0.1) is 19.1 Å². The first-order valence-electron chi connectivity index (χ1n) is 7.93. The van der Waals surface area contributed by atoms with Gasteiger partial charge in [-0.3, -0.25) is 24.1 Å². The van der Waals surface area contributed by atoms with Crippen molar-refractivity contribution in [2.45, 2.75) is 19.3 Å². The molecule has 0 spiro atoms. The van der Waals surface area contributed by atoms with Gasteiger partial charge in [-0.15, -0.1) is 0 Å². The van der Waals surface area contributed by atoms with Gasteiger partial charge < -0.3 is 14.8 Å². The highest BCUT2D eigenvalue weighted by atomic mass is 16.5. The number of carbonyl (C=O) groups is 4. The van der Waals surface area contributed by atoms with Crippen LogP contribution in [-0.2, 0) is 19.1 Å². The zero-order valence-corrected chi connectivity index (χ0v) is 13.9. The summed E-state index contributed by atoms with van der Waals surface area (Å²) in [5.74, 6) is -1.33. The first-order chi connectivity index (χ1) is 12.0.